The number of nitrogens with two attached hydrogens (primary N) is 1. The van der Waals surface area contributed by atoms with Gasteiger partial charge in [0, 0.05) is 49.1 Å². The Morgan fingerprint density at radius 1 is 1.33 bits per heavy atom. The van der Waals surface area contributed by atoms with Gasteiger partial charge in [0.05, 0.1) is 12.6 Å². The molecule has 1 heterocycles. The van der Waals surface area contributed by atoms with Crippen LogP contribution < -0.4 is 5.73 Å². The summed E-state index contributed by atoms with van der Waals surface area (Å²) in [6.45, 7) is 4.35. The molecule has 2 aromatic rings. The molecule has 3 rings (SSSR count). The van der Waals surface area contributed by atoms with Gasteiger partial charge in [0.25, 0.3) is 5.97 Å². The Balaban J connectivity index is 0.000000735. The number of benzene rings is 1. The van der Waals surface area contributed by atoms with E-state index in [1.54, 1.807) is 18.0 Å². The summed E-state index contributed by atoms with van der Waals surface area (Å²) in [5.74, 6) is -1.04. The fourth-order valence-electron chi connectivity index (χ4n) is 3.77. The molecule has 1 aliphatic carbocycles. The van der Waals surface area contributed by atoms with E-state index in [-0.39, 0.29) is 29.8 Å². The van der Waals surface area contributed by atoms with Gasteiger partial charge in [0.2, 0.25) is 5.91 Å². The van der Waals surface area contributed by atoms with Crippen molar-refractivity contribution in [1.82, 2.24) is 9.88 Å². The van der Waals surface area contributed by atoms with Crippen molar-refractivity contribution in [2.75, 3.05) is 13.7 Å². The first kappa shape index (κ1) is 23.8. The summed E-state index contributed by atoms with van der Waals surface area (Å²) < 4.78 is 19.1. The van der Waals surface area contributed by atoms with Gasteiger partial charge in [-0.3, -0.25) is 9.59 Å². The van der Waals surface area contributed by atoms with Gasteiger partial charge in [-0.05, 0) is 49.9 Å². The molecule has 30 heavy (non-hydrogen) atoms. The van der Waals surface area contributed by atoms with E-state index < -0.39 is 5.97 Å². The summed E-state index contributed by atoms with van der Waals surface area (Å²) in [4.78, 5) is 26.8. The maximum atomic E-state index is 13.3. The normalized spacial score (nSPS) is 21.0. The van der Waals surface area contributed by atoms with Crippen molar-refractivity contribution >= 4 is 22.8 Å². The monoisotopic (exact) mass is 421 g/mol. The molecule has 3 atom stereocenters. The predicted molar refractivity (Wildman–Crippen MR) is 113 cm³/mol. The summed E-state index contributed by atoms with van der Waals surface area (Å²) >= 11 is 0. The first-order valence-corrected chi connectivity index (χ1v) is 10.3. The molecule has 166 valence electrons. The summed E-state index contributed by atoms with van der Waals surface area (Å²) in [5, 5.41) is 8.23. The van der Waals surface area contributed by atoms with Crippen LogP contribution in [-0.4, -0.2) is 52.7 Å². The first-order chi connectivity index (χ1) is 14.2. The minimum atomic E-state index is -0.833. The number of rotatable bonds is 6. The number of carboxylic acid groups (broad SMARTS) is 1. The lowest BCUT2D eigenvalue weighted by Crippen LogP contribution is -2.46. The van der Waals surface area contributed by atoms with E-state index >= 15 is 0 Å². The molecule has 0 spiro atoms. The molecule has 1 aromatic carbocycles. The van der Waals surface area contributed by atoms with Crippen molar-refractivity contribution < 1.29 is 23.8 Å². The zero-order valence-corrected chi connectivity index (χ0v) is 17.9. The maximum Gasteiger partial charge on any atom is 0.300 e. The molecular weight excluding hydrogens is 389 g/mol. The molecule has 0 unspecified atom stereocenters. The standard InChI is InChI=1S/C20H28FN3O2.C2H4O2/c1-3-8-26-19-7-4-13(11-17(19)22)20(25)24(2)12-16-10-14-9-15(21)5-6-18(14)23-16;1-2(3)4/h5-6,9-10,13,17,19,23H,3-4,7-8,11-12,22H2,1-2H3;1H3,(H,3,4)/t13-,17+,19+;/m0./s1. The molecule has 0 bridgehead atoms. The third-order valence-corrected chi connectivity index (χ3v) is 5.14. The number of carbonyl (C=O) groups excluding carboxylic acids is 1. The second-order valence-electron chi connectivity index (χ2n) is 7.82. The third-order valence-electron chi connectivity index (χ3n) is 5.14. The van der Waals surface area contributed by atoms with E-state index in [1.165, 1.54) is 12.1 Å². The number of amides is 1. The van der Waals surface area contributed by atoms with E-state index in [0.29, 0.717) is 13.0 Å². The van der Waals surface area contributed by atoms with Gasteiger partial charge < -0.3 is 25.5 Å². The lowest BCUT2D eigenvalue weighted by molar-refractivity contribution is -0.137. The number of aromatic amines is 1. The number of aromatic nitrogens is 1. The number of aliphatic carboxylic acids is 1. The number of ether oxygens (including phenoxy) is 1. The molecule has 1 amide bonds. The number of carboxylic acids is 1. The molecular formula is C22H32FN3O4. The predicted octanol–water partition coefficient (Wildman–Crippen LogP) is 3.28. The number of hydrogen-bond donors (Lipinski definition) is 3. The van der Waals surface area contributed by atoms with E-state index in [1.807, 2.05) is 6.07 Å². The van der Waals surface area contributed by atoms with E-state index in [4.69, 9.17) is 20.4 Å². The van der Waals surface area contributed by atoms with Crippen LogP contribution in [0.4, 0.5) is 4.39 Å². The molecule has 1 aromatic heterocycles. The largest absolute Gasteiger partial charge is 0.481 e. The Morgan fingerprint density at radius 3 is 2.67 bits per heavy atom. The average Bonchev–Trinajstić information content (AvgIpc) is 3.07. The minimum Gasteiger partial charge on any atom is -0.481 e. The van der Waals surface area contributed by atoms with Gasteiger partial charge in [-0.25, -0.2) is 4.39 Å². The zero-order chi connectivity index (χ0) is 22.3. The molecule has 0 radical (unpaired) electrons. The Bertz CT molecular complexity index is 850. The van der Waals surface area contributed by atoms with Gasteiger partial charge in [0.1, 0.15) is 5.82 Å². The smallest absolute Gasteiger partial charge is 0.300 e. The second kappa shape index (κ2) is 11.1. The van der Waals surface area contributed by atoms with Gasteiger partial charge in [0.15, 0.2) is 0 Å². The van der Waals surface area contributed by atoms with Crippen LogP contribution in [0.1, 0.15) is 45.2 Å². The van der Waals surface area contributed by atoms with Gasteiger partial charge in [-0.2, -0.15) is 0 Å². The quantitative estimate of drug-likeness (QED) is 0.663. The number of halogens is 1. The molecule has 0 aliphatic heterocycles. The number of carbonyl (C=O) groups is 2. The van der Waals surface area contributed by atoms with Crippen LogP contribution in [0.25, 0.3) is 10.9 Å². The van der Waals surface area contributed by atoms with Crippen molar-refractivity contribution in [3.8, 4) is 0 Å². The lowest BCUT2D eigenvalue weighted by Gasteiger charge is -2.34. The molecule has 4 N–H and O–H groups in total. The molecule has 1 aliphatic rings. The van der Waals surface area contributed by atoms with Crippen LogP contribution >= 0.6 is 0 Å². The SMILES string of the molecule is CC(=O)O.CCCO[C@@H]1CC[C@H](C(=O)N(C)Cc2cc3cc(F)ccc3[nH]2)C[C@H]1N. The van der Waals surface area contributed by atoms with Crippen LogP contribution in [0.3, 0.4) is 0 Å². The summed E-state index contributed by atoms with van der Waals surface area (Å²) in [7, 11) is 1.81. The van der Waals surface area contributed by atoms with Gasteiger partial charge in [-0.15, -0.1) is 0 Å². The number of nitrogens with zero attached hydrogens (tertiary/aromatic N) is 1. The maximum absolute atomic E-state index is 13.3. The molecule has 1 saturated carbocycles. The molecule has 0 saturated heterocycles. The molecule has 8 heteroatoms. The van der Waals surface area contributed by atoms with Crippen LogP contribution in [0.2, 0.25) is 0 Å². The fraction of sp³-hybridized carbons (Fsp3) is 0.545. The van der Waals surface area contributed by atoms with E-state index in [9.17, 15) is 9.18 Å². The molecule has 7 nitrogen and oxygen atoms in total. The van der Waals surface area contributed by atoms with Gasteiger partial charge in [-0.1, -0.05) is 6.92 Å². The van der Waals surface area contributed by atoms with Crippen LogP contribution in [0.5, 0.6) is 0 Å². The van der Waals surface area contributed by atoms with Crippen LogP contribution in [0.15, 0.2) is 24.3 Å². The van der Waals surface area contributed by atoms with E-state index in [0.717, 1.165) is 49.4 Å². The zero-order valence-electron chi connectivity index (χ0n) is 17.9. The number of nitrogens with one attached hydrogen (secondary N) is 1. The third kappa shape index (κ3) is 6.81. The topological polar surface area (TPSA) is 109 Å². The Labute approximate surface area is 176 Å². The molecule has 1 fully saturated rings. The second-order valence-corrected chi connectivity index (χ2v) is 7.82. The minimum absolute atomic E-state index is 0.0571. The van der Waals surface area contributed by atoms with Crippen molar-refractivity contribution in [3.05, 3.63) is 35.8 Å². The number of fused-ring (bicyclic) bond motifs is 1. The Kier molecular flexibility index (Phi) is 8.80. The number of H-pyrrole nitrogens is 1. The highest BCUT2D eigenvalue weighted by molar-refractivity contribution is 5.81. The van der Waals surface area contributed by atoms with Crippen molar-refractivity contribution in [2.45, 2.75) is 58.2 Å². The summed E-state index contributed by atoms with van der Waals surface area (Å²) in [5.41, 5.74) is 8.00. The number of hydrogen-bond acceptors (Lipinski definition) is 4. The lowest BCUT2D eigenvalue weighted by atomic mass is 9.83. The van der Waals surface area contributed by atoms with Crippen LogP contribution in [-0.2, 0) is 20.9 Å². The van der Waals surface area contributed by atoms with Crippen molar-refractivity contribution in [2.24, 2.45) is 11.7 Å². The highest BCUT2D eigenvalue weighted by Gasteiger charge is 2.33. The fourth-order valence-corrected chi connectivity index (χ4v) is 3.77. The van der Waals surface area contributed by atoms with Crippen molar-refractivity contribution in [3.63, 3.8) is 0 Å². The summed E-state index contributed by atoms with van der Waals surface area (Å²) in [6, 6.07) is 6.44. The highest BCUT2D eigenvalue weighted by atomic mass is 19.1. The van der Waals surface area contributed by atoms with E-state index in [2.05, 4.69) is 11.9 Å². The highest BCUT2D eigenvalue weighted by Crippen LogP contribution is 2.28. The first-order valence-electron chi connectivity index (χ1n) is 10.3. The van der Waals surface area contributed by atoms with Gasteiger partial charge >= 0.3 is 0 Å². The van der Waals surface area contributed by atoms with Crippen LogP contribution in [0, 0.1) is 11.7 Å². The van der Waals surface area contributed by atoms with Crippen molar-refractivity contribution in [1.29, 1.82) is 0 Å². The Morgan fingerprint density at radius 2 is 2.03 bits per heavy atom. The average molecular weight is 422 g/mol. The summed E-state index contributed by atoms with van der Waals surface area (Å²) in [6.07, 6.45) is 3.34. The Hall–Kier alpha value is -2.45.